The Hall–Kier alpha value is -1.33. The van der Waals surface area contributed by atoms with Crippen LogP contribution in [0.3, 0.4) is 0 Å². The molecule has 1 aliphatic heterocycles. The Morgan fingerprint density at radius 3 is 3.16 bits per heavy atom. The van der Waals surface area contributed by atoms with E-state index in [1.54, 1.807) is 12.3 Å². The summed E-state index contributed by atoms with van der Waals surface area (Å²) in [6.45, 7) is 2.14. The molecule has 0 aromatic carbocycles. The van der Waals surface area contributed by atoms with Gasteiger partial charge in [0.2, 0.25) is 5.76 Å². The molecule has 2 aromatic heterocycles. The number of pyridine rings is 1. The van der Waals surface area contributed by atoms with Crippen LogP contribution in [0.25, 0.3) is 11.0 Å². The molecule has 0 radical (unpaired) electrons. The minimum Gasteiger partial charge on any atom is -0.444 e. The molecular formula is C13H13IN4O. The highest BCUT2D eigenvalue weighted by Gasteiger charge is 2.21. The molecule has 0 amide bonds. The molecule has 3 heterocycles. The molecule has 0 spiro atoms. The Morgan fingerprint density at radius 1 is 1.63 bits per heavy atom. The molecule has 5 nitrogen and oxygen atoms in total. The van der Waals surface area contributed by atoms with Gasteiger partial charge in [0.1, 0.15) is 11.9 Å². The van der Waals surface area contributed by atoms with Crippen molar-refractivity contribution < 1.29 is 4.42 Å². The quantitative estimate of drug-likeness (QED) is 0.825. The molecule has 1 fully saturated rings. The number of fused-ring (bicyclic) bond motifs is 1. The van der Waals surface area contributed by atoms with Gasteiger partial charge in [-0.2, -0.15) is 5.26 Å². The van der Waals surface area contributed by atoms with E-state index in [9.17, 15) is 0 Å². The van der Waals surface area contributed by atoms with Gasteiger partial charge in [-0.3, -0.25) is 0 Å². The van der Waals surface area contributed by atoms with Gasteiger partial charge in [-0.05, 0) is 42.6 Å². The minimum atomic E-state index is 0.326. The number of nitriles is 1. The lowest BCUT2D eigenvalue weighted by Gasteiger charge is -2.14. The Labute approximate surface area is 124 Å². The zero-order chi connectivity index (χ0) is 13.4. The monoisotopic (exact) mass is 368 g/mol. The molecular weight excluding hydrogens is 355 g/mol. The molecule has 3 rings (SSSR count). The third kappa shape index (κ3) is 2.40. The number of nitrogens with one attached hydrogen (secondary N) is 1. The van der Waals surface area contributed by atoms with Crippen molar-refractivity contribution in [3.8, 4) is 6.07 Å². The van der Waals surface area contributed by atoms with Crippen molar-refractivity contribution in [1.82, 2.24) is 9.88 Å². The van der Waals surface area contributed by atoms with Crippen molar-refractivity contribution in [3.63, 3.8) is 0 Å². The molecule has 2 aromatic rings. The van der Waals surface area contributed by atoms with Crippen LogP contribution in [0.5, 0.6) is 0 Å². The number of halogens is 1. The van der Waals surface area contributed by atoms with Gasteiger partial charge in [-0.25, -0.2) is 4.98 Å². The van der Waals surface area contributed by atoms with Crippen molar-refractivity contribution in [1.29, 1.82) is 5.26 Å². The molecule has 98 valence electrons. The normalized spacial score (nSPS) is 19.7. The van der Waals surface area contributed by atoms with Gasteiger partial charge in [-0.1, -0.05) is 0 Å². The smallest absolute Gasteiger partial charge is 0.204 e. The topological polar surface area (TPSA) is 65.1 Å². The van der Waals surface area contributed by atoms with E-state index in [0.717, 1.165) is 34.3 Å². The van der Waals surface area contributed by atoms with E-state index in [1.165, 1.54) is 0 Å². The molecule has 1 N–H and O–H groups in total. The number of likely N-dealkylation sites (N-methyl/N-ethyl adjacent to an activating group) is 1. The van der Waals surface area contributed by atoms with Gasteiger partial charge >= 0.3 is 0 Å². The summed E-state index contributed by atoms with van der Waals surface area (Å²) in [6, 6.07) is 4.22. The zero-order valence-electron chi connectivity index (χ0n) is 10.5. The van der Waals surface area contributed by atoms with Crippen LogP contribution in [0.15, 0.2) is 16.7 Å². The lowest BCUT2D eigenvalue weighted by atomic mass is 10.2. The summed E-state index contributed by atoms with van der Waals surface area (Å²) in [6.07, 6.45) is 2.81. The number of anilines is 1. The minimum absolute atomic E-state index is 0.326. The van der Waals surface area contributed by atoms with Crippen LogP contribution in [0.1, 0.15) is 12.2 Å². The highest BCUT2D eigenvalue weighted by Crippen LogP contribution is 2.29. The number of aromatic nitrogens is 1. The summed E-state index contributed by atoms with van der Waals surface area (Å²) in [7, 11) is 2.12. The van der Waals surface area contributed by atoms with Crippen molar-refractivity contribution in [3.05, 3.63) is 21.6 Å². The number of nitrogens with zero attached hydrogens (tertiary/aromatic N) is 3. The Morgan fingerprint density at radius 2 is 2.47 bits per heavy atom. The maximum Gasteiger partial charge on any atom is 0.204 e. The fraction of sp³-hybridized carbons (Fsp3) is 0.385. The van der Waals surface area contributed by atoms with Gasteiger partial charge < -0.3 is 14.6 Å². The SMILES string of the molecule is CN1CC[C@H](Nc2ncc3oc(C#N)cc3c2I)C1. The molecule has 1 saturated heterocycles. The van der Waals surface area contributed by atoms with Crippen LogP contribution in [0, 0.1) is 14.9 Å². The average molecular weight is 368 g/mol. The van der Waals surface area contributed by atoms with Crippen molar-refractivity contribution in [2.45, 2.75) is 12.5 Å². The van der Waals surface area contributed by atoms with Gasteiger partial charge in [0, 0.05) is 24.0 Å². The fourth-order valence-electron chi connectivity index (χ4n) is 2.38. The molecule has 1 atom stereocenters. The third-order valence-electron chi connectivity index (χ3n) is 3.36. The Balaban J connectivity index is 1.92. The van der Waals surface area contributed by atoms with Crippen LogP contribution < -0.4 is 5.32 Å². The van der Waals surface area contributed by atoms with Gasteiger partial charge in [0.15, 0.2) is 5.58 Å². The number of hydrogen-bond acceptors (Lipinski definition) is 5. The van der Waals surface area contributed by atoms with Gasteiger partial charge in [-0.15, -0.1) is 0 Å². The largest absolute Gasteiger partial charge is 0.444 e. The van der Waals surface area contributed by atoms with Crippen molar-refractivity contribution >= 4 is 39.4 Å². The molecule has 19 heavy (non-hydrogen) atoms. The summed E-state index contributed by atoms with van der Waals surface area (Å²) < 4.78 is 6.38. The second kappa shape index (κ2) is 4.98. The third-order valence-corrected chi connectivity index (χ3v) is 4.45. The fourth-order valence-corrected chi connectivity index (χ4v) is 3.10. The lowest BCUT2D eigenvalue weighted by Crippen LogP contribution is -2.24. The second-order valence-electron chi connectivity index (χ2n) is 4.81. The number of likely N-dealkylation sites (tertiary alicyclic amines) is 1. The first-order chi connectivity index (χ1) is 9.17. The van der Waals surface area contributed by atoms with Gasteiger partial charge in [0.05, 0.1) is 9.77 Å². The standard InChI is InChI=1S/C13H13IN4O/c1-18-3-2-8(7-18)17-13-12(14)10-4-9(5-15)19-11(10)6-16-13/h4,6,8H,2-3,7H2,1H3,(H,16,17)/t8-/m0/s1. The Kier molecular flexibility index (Phi) is 3.33. The molecule has 0 saturated carbocycles. The van der Waals surface area contributed by atoms with Crippen molar-refractivity contribution in [2.75, 3.05) is 25.5 Å². The highest BCUT2D eigenvalue weighted by molar-refractivity contribution is 14.1. The summed E-state index contributed by atoms with van der Waals surface area (Å²) in [5, 5.41) is 13.3. The van der Waals surface area contributed by atoms with E-state index < -0.39 is 0 Å². The molecule has 1 aliphatic rings. The van der Waals surface area contributed by atoms with Gasteiger partial charge in [0.25, 0.3) is 0 Å². The first-order valence-electron chi connectivity index (χ1n) is 6.10. The summed E-state index contributed by atoms with van der Waals surface area (Å²) >= 11 is 2.25. The van der Waals surface area contributed by atoms with Crippen LogP contribution in [0.4, 0.5) is 5.82 Å². The highest BCUT2D eigenvalue weighted by atomic mass is 127. The predicted octanol–water partition coefficient (Wildman–Crippen LogP) is 2.42. The van der Waals surface area contributed by atoms with E-state index in [1.807, 2.05) is 6.07 Å². The number of rotatable bonds is 2. The van der Waals surface area contributed by atoms with Crippen LogP contribution in [-0.4, -0.2) is 36.1 Å². The van der Waals surface area contributed by atoms with E-state index in [-0.39, 0.29) is 0 Å². The van der Waals surface area contributed by atoms with Crippen LogP contribution >= 0.6 is 22.6 Å². The van der Waals surface area contributed by atoms with E-state index in [0.29, 0.717) is 17.4 Å². The van der Waals surface area contributed by atoms with E-state index in [4.69, 9.17) is 9.68 Å². The average Bonchev–Trinajstić information content (AvgIpc) is 2.99. The predicted molar refractivity (Wildman–Crippen MR) is 81.0 cm³/mol. The van der Waals surface area contributed by atoms with E-state index in [2.05, 4.69) is 44.8 Å². The zero-order valence-corrected chi connectivity index (χ0v) is 12.6. The lowest BCUT2D eigenvalue weighted by molar-refractivity contribution is 0.414. The molecule has 6 heteroatoms. The maximum absolute atomic E-state index is 8.87. The first kappa shape index (κ1) is 12.7. The molecule has 0 bridgehead atoms. The van der Waals surface area contributed by atoms with Crippen LogP contribution in [-0.2, 0) is 0 Å². The summed E-state index contributed by atoms with van der Waals surface area (Å²) in [4.78, 5) is 6.70. The number of furan rings is 1. The summed E-state index contributed by atoms with van der Waals surface area (Å²) in [5.41, 5.74) is 0.662. The van der Waals surface area contributed by atoms with E-state index >= 15 is 0 Å². The Bertz CT molecular complexity index is 660. The van der Waals surface area contributed by atoms with Crippen LogP contribution in [0.2, 0.25) is 0 Å². The molecule has 0 unspecified atom stereocenters. The molecule has 0 aliphatic carbocycles. The second-order valence-corrected chi connectivity index (χ2v) is 5.89. The maximum atomic E-state index is 8.87. The summed E-state index contributed by atoms with van der Waals surface area (Å²) in [5.74, 6) is 1.20. The first-order valence-corrected chi connectivity index (χ1v) is 7.18. The van der Waals surface area contributed by atoms with Crippen molar-refractivity contribution in [2.24, 2.45) is 0 Å². The number of hydrogen-bond donors (Lipinski definition) is 1.